The first kappa shape index (κ1) is 26.3. The van der Waals surface area contributed by atoms with Gasteiger partial charge in [-0.2, -0.15) is 0 Å². The standard InChI is InChI=1S/C41H32N2/c1-31-19-21-32(22-20-31)33-23-25-38(26-24-33)43(41-18-10-12-34-11-8-9-17-40(34)41)39-29-27-37(28-30-39)42(35-13-4-2-5-14-35)36-15-6-3-7-16-36/h2-30H,1H3. The van der Waals surface area contributed by atoms with Gasteiger partial charge >= 0.3 is 0 Å². The second-order valence-corrected chi connectivity index (χ2v) is 10.8. The van der Waals surface area contributed by atoms with Gasteiger partial charge in [-0.1, -0.05) is 115 Å². The molecule has 7 aromatic carbocycles. The van der Waals surface area contributed by atoms with Crippen molar-refractivity contribution in [3.8, 4) is 11.1 Å². The number of fused-ring (bicyclic) bond motifs is 1. The highest BCUT2D eigenvalue weighted by Gasteiger charge is 2.17. The summed E-state index contributed by atoms with van der Waals surface area (Å²) in [4.78, 5) is 4.66. The van der Waals surface area contributed by atoms with Crippen LogP contribution in [-0.2, 0) is 0 Å². The number of para-hydroxylation sites is 2. The molecular formula is C41H32N2. The minimum atomic E-state index is 1.10. The largest absolute Gasteiger partial charge is 0.311 e. The third-order valence-electron chi connectivity index (χ3n) is 7.91. The zero-order chi connectivity index (χ0) is 29.0. The van der Waals surface area contributed by atoms with Crippen molar-refractivity contribution >= 4 is 44.9 Å². The molecule has 0 N–H and O–H groups in total. The van der Waals surface area contributed by atoms with E-state index in [0.29, 0.717) is 0 Å². The smallest absolute Gasteiger partial charge is 0.0540 e. The number of hydrogen-bond donors (Lipinski definition) is 0. The van der Waals surface area contributed by atoms with Gasteiger partial charge in [-0.15, -0.1) is 0 Å². The molecule has 7 aromatic rings. The zero-order valence-electron chi connectivity index (χ0n) is 24.1. The van der Waals surface area contributed by atoms with Gasteiger partial charge in [0.05, 0.1) is 5.69 Å². The molecule has 0 fully saturated rings. The van der Waals surface area contributed by atoms with E-state index in [9.17, 15) is 0 Å². The minimum absolute atomic E-state index is 1.10. The Labute approximate surface area is 253 Å². The SMILES string of the molecule is Cc1ccc(-c2ccc(N(c3ccc(N(c4ccccc4)c4ccccc4)cc3)c3cccc4ccccc34)cc2)cc1. The molecule has 0 saturated carbocycles. The summed E-state index contributed by atoms with van der Waals surface area (Å²) in [5, 5.41) is 2.43. The Kier molecular flexibility index (Phi) is 7.17. The number of benzene rings is 7. The van der Waals surface area contributed by atoms with Crippen molar-refractivity contribution in [2.45, 2.75) is 6.92 Å². The van der Waals surface area contributed by atoms with E-state index in [1.165, 1.54) is 27.5 Å². The van der Waals surface area contributed by atoms with Crippen molar-refractivity contribution in [3.05, 3.63) is 181 Å². The van der Waals surface area contributed by atoms with E-state index in [-0.39, 0.29) is 0 Å². The van der Waals surface area contributed by atoms with Gasteiger partial charge in [0.15, 0.2) is 0 Å². The summed E-state index contributed by atoms with van der Waals surface area (Å²) in [7, 11) is 0. The van der Waals surface area contributed by atoms with E-state index >= 15 is 0 Å². The first-order valence-corrected chi connectivity index (χ1v) is 14.7. The molecule has 0 spiro atoms. The van der Waals surface area contributed by atoms with Crippen LogP contribution in [0.4, 0.5) is 34.1 Å². The molecular weight excluding hydrogens is 520 g/mol. The fourth-order valence-electron chi connectivity index (χ4n) is 5.73. The summed E-state index contributed by atoms with van der Waals surface area (Å²) in [5.74, 6) is 0. The molecule has 7 rings (SSSR count). The lowest BCUT2D eigenvalue weighted by atomic mass is 10.0. The predicted octanol–water partition coefficient (Wildman–Crippen LogP) is 11.8. The number of rotatable bonds is 7. The summed E-state index contributed by atoms with van der Waals surface area (Å²) in [6.07, 6.45) is 0. The molecule has 206 valence electrons. The van der Waals surface area contributed by atoms with Crippen molar-refractivity contribution in [3.63, 3.8) is 0 Å². The Bertz CT molecular complexity index is 1900. The highest BCUT2D eigenvalue weighted by Crippen LogP contribution is 2.41. The molecule has 43 heavy (non-hydrogen) atoms. The van der Waals surface area contributed by atoms with Gasteiger partial charge in [0.1, 0.15) is 0 Å². The summed E-state index contributed by atoms with van der Waals surface area (Å²) in [6, 6.07) is 62.7. The molecule has 0 aromatic heterocycles. The molecule has 0 atom stereocenters. The lowest BCUT2D eigenvalue weighted by molar-refractivity contribution is 1.26. The second-order valence-electron chi connectivity index (χ2n) is 10.8. The first-order chi connectivity index (χ1) is 21.2. The Morgan fingerprint density at radius 2 is 0.744 bits per heavy atom. The Hall–Kier alpha value is -5.60. The van der Waals surface area contributed by atoms with Gasteiger partial charge in [-0.3, -0.25) is 0 Å². The van der Waals surface area contributed by atoms with Gasteiger partial charge in [-0.05, 0) is 90.2 Å². The first-order valence-electron chi connectivity index (χ1n) is 14.7. The second kappa shape index (κ2) is 11.7. The summed E-state index contributed by atoms with van der Waals surface area (Å²) in [5.41, 5.74) is 10.4. The molecule has 0 saturated heterocycles. The zero-order valence-corrected chi connectivity index (χ0v) is 24.1. The van der Waals surface area contributed by atoms with E-state index in [4.69, 9.17) is 0 Å². The van der Waals surface area contributed by atoms with Crippen LogP contribution in [0.25, 0.3) is 21.9 Å². The van der Waals surface area contributed by atoms with Crippen LogP contribution in [0.5, 0.6) is 0 Å². The summed E-state index contributed by atoms with van der Waals surface area (Å²) >= 11 is 0. The van der Waals surface area contributed by atoms with Gasteiger partial charge < -0.3 is 9.80 Å². The van der Waals surface area contributed by atoms with Crippen molar-refractivity contribution < 1.29 is 0 Å². The molecule has 0 heterocycles. The van der Waals surface area contributed by atoms with Crippen molar-refractivity contribution in [1.82, 2.24) is 0 Å². The molecule has 0 aliphatic heterocycles. The topological polar surface area (TPSA) is 6.48 Å². The van der Waals surface area contributed by atoms with Crippen LogP contribution in [0, 0.1) is 6.92 Å². The minimum Gasteiger partial charge on any atom is -0.311 e. The van der Waals surface area contributed by atoms with E-state index in [1.54, 1.807) is 0 Å². The summed E-state index contributed by atoms with van der Waals surface area (Å²) in [6.45, 7) is 2.12. The normalized spacial score (nSPS) is 10.9. The Morgan fingerprint density at radius 1 is 0.326 bits per heavy atom. The van der Waals surface area contributed by atoms with E-state index in [0.717, 1.165) is 34.1 Å². The lowest BCUT2D eigenvalue weighted by Crippen LogP contribution is -2.12. The van der Waals surface area contributed by atoms with Gasteiger partial charge in [0.2, 0.25) is 0 Å². The molecule has 0 bridgehead atoms. The van der Waals surface area contributed by atoms with Gasteiger partial charge in [0, 0.05) is 33.8 Å². The average molecular weight is 553 g/mol. The Balaban J connectivity index is 1.33. The molecule has 0 aliphatic rings. The average Bonchev–Trinajstić information content (AvgIpc) is 3.08. The van der Waals surface area contributed by atoms with Crippen molar-refractivity contribution in [2.75, 3.05) is 9.80 Å². The van der Waals surface area contributed by atoms with Crippen LogP contribution in [0.3, 0.4) is 0 Å². The fourth-order valence-corrected chi connectivity index (χ4v) is 5.73. The third kappa shape index (κ3) is 5.39. The molecule has 2 nitrogen and oxygen atoms in total. The van der Waals surface area contributed by atoms with Crippen LogP contribution < -0.4 is 9.80 Å². The predicted molar refractivity (Wildman–Crippen MR) is 183 cm³/mol. The highest BCUT2D eigenvalue weighted by atomic mass is 15.2. The molecule has 0 radical (unpaired) electrons. The van der Waals surface area contributed by atoms with Crippen LogP contribution in [0.15, 0.2) is 176 Å². The van der Waals surface area contributed by atoms with Crippen molar-refractivity contribution in [1.29, 1.82) is 0 Å². The number of aryl methyl sites for hydroxylation is 1. The Morgan fingerprint density at radius 3 is 1.33 bits per heavy atom. The van der Waals surface area contributed by atoms with E-state index < -0.39 is 0 Å². The van der Waals surface area contributed by atoms with Gasteiger partial charge in [-0.25, -0.2) is 0 Å². The van der Waals surface area contributed by atoms with Crippen molar-refractivity contribution in [2.24, 2.45) is 0 Å². The lowest BCUT2D eigenvalue weighted by Gasteiger charge is -2.29. The maximum absolute atomic E-state index is 2.36. The maximum Gasteiger partial charge on any atom is 0.0540 e. The maximum atomic E-state index is 2.36. The van der Waals surface area contributed by atoms with E-state index in [1.807, 2.05) is 0 Å². The third-order valence-corrected chi connectivity index (χ3v) is 7.91. The molecule has 0 amide bonds. The van der Waals surface area contributed by atoms with Crippen LogP contribution in [0.1, 0.15) is 5.56 Å². The quantitative estimate of drug-likeness (QED) is 0.194. The number of hydrogen-bond acceptors (Lipinski definition) is 2. The molecule has 2 heteroatoms. The number of anilines is 6. The van der Waals surface area contributed by atoms with Crippen LogP contribution >= 0.6 is 0 Å². The molecule has 0 unspecified atom stereocenters. The fraction of sp³-hybridized carbons (Fsp3) is 0.0244. The van der Waals surface area contributed by atoms with Crippen LogP contribution in [0.2, 0.25) is 0 Å². The molecule has 0 aliphatic carbocycles. The number of nitrogens with zero attached hydrogens (tertiary/aromatic N) is 2. The highest BCUT2D eigenvalue weighted by molar-refractivity contribution is 5.99. The van der Waals surface area contributed by atoms with Crippen LogP contribution in [-0.4, -0.2) is 0 Å². The monoisotopic (exact) mass is 552 g/mol. The summed E-state index contributed by atoms with van der Waals surface area (Å²) < 4.78 is 0. The van der Waals surface area contributed by atoms with E-state index in [2.05, 4.69) is 193 Å². The van der Waals surface area contributed by atoms with Gasteiger partial charge in [0.25, 0.3) is 0 Å².